The molecule has 2 aliphatic rings. The molecule has 178 valence electrons. The van der Waals surface area contributed by atoms with Crippen LogP contribution in [0.5, 0.6) is 5.75 Å². The summed E-state index contributed by atoms with van der Waals surface area (Å²) < 4.78 is 20.1. The smallest absolute Gasteiger partial charge is 0.235 e. The first-order valence-electron chi connectivity index (χ1n) is 11.3. The van der Waals surface area contributed by atoms with E-state index in [1.165, 1.54) is 18.0 Å². The third-order valence-corrected chi connectivity index (χ3v) is 7.18. The number of hydrogen-bond donors (Lipinski definition) is 2. The highest BCUT2D eigenvalue weighted by Crippen LogP contribution is 2.32. The van der Waals surface area contributed by atoms with Crippen molar-refractivity contribution in [3.63, 3.8) is 0 Å². The maximum absolute atomic E-state index is 14.8. The Hall–Kier alpha value is -2.95. The lowest BCUT2D eigenvalue weighted by atomic mass is 10.1. The maximum Gasteiger partial charge on any atom is 0.235 e. The molecule has 0 spiro atoms. The molecule has 2 aromatic heterocycles. The van der Waals surface area contributed by atoms with Gasteiger partial charge in [-0.15, -0.1) is 11.8 Å². The highest BCUT2D eigenvalue weighted by molar-refractivity contribution is 8.00. The van der Waals surface area contributed by atoms with Crippen molar-refractivity contribution >= 4 is 40.1 Å². The topological polar surface area (TPSA) is 82.6 Å². The van der Waals surface area contributed by atoms with Gasteiger partial charge in [-0.1, -0.05) is 0 Å². The molecule has 10 heteroatoms. The van der Waals surface area contributed by atoms with E-state index in [1.54, 1.807) is 7.11 Å². The van der Waals surface area contributed by atoms with Gasteiger partial charge in [0.15, 0.2) is 5.82 Å². The van der Waals surface area contributed by atoms with Crippen molar-refractivity contribution in [3.05, 3.63) is 48.0 Å². The first-order chi connectivity index (χ1) is 16.6. The quantitative estimate of drug-likeness (QED) is 0.498. The molecule has 2 N–H and O–H groups in total. The van der Waals surface area contributed by atoms with Crippen molar-refractivity contribution in [1.82, 2.24) is 20.2 Å². The van der Waals surface area contributed by atoms with Crippen LogP contribution in [0.15, 0.2) is 41.4 Å². The van der Waals surface area contributed by atoms with Gasteiger partial charge in [0.2, 0.25) is 5.91 Å². The van der Waals surface area contributed by atoms with Crippen LogP contribution in [0.3, 0.4) is 0 Å². The van der Waals surface area contributed by atoms with Crippen molar-refractivity contribution in [2.24, 2.45) is 0 Å². The summed E-state index contributed by atoms with van der Waals surface area (Å²) in [5.41, 5.74) is 2.27. The highest BCUT2D eigenvalue weighted by Gasteiger charge is 2.22. The van der Waals surface area contributed by atoms with Crippen LogP contribution in [0.2, 0.25) is 0 Å². The monoisotopic (exact) mass is 482 g/mol. The molecule has 34 heavy (non-hydrogen) atoms. The summed E-state index contributed by atoms with van der Waals surface area (Å²) >= 11 is 1.52. The molecule has 5 rings (SSSR count). The van der Waals surface area contributed by atoms with Gasteiger partial charge in [0.1, 0.15) is 11.6 Å². The van der Waals surface area contributed by atoms with Gasteiger partial charge < -0.3 is 20.3 Å². The highest BCUT2D eigenvalue weighted by atomic mass is 32.2. The molecule has 4 heterocycles. The fraction of sp³-hybridized carbons (Fsp3) is 0.375. The van der Waals surface area contributed by atoms with Gasteiger partial charge in [0.05, 0.1) is 40.9 Å². The molecular formula is C24H27FN6O2S. The molecule has 1 amide bonds. The minimum Gasteiger partial charge on any atom is -0.497 e. The van der Waals surface area contributed by atoms with E-state index < -0.39 is 0 Å². The average Bonchev–Trinajstić information content (AvgIpc) is 2.86. The Balaban J connectivity index is 1.13. The van der Waals surface area contributed by atoms with Crippen LogP contribution in [-0.2, 0) is 11.3 Å². The van der Waals surface area contributed by atoms with E-state index in [0.717, 1.165) is 60.8 Å². The Morgan fingerprint density at radius 2 is 2.06 bits per heavy atom. The van der Waals surface area contributed by atoms with Crippen LogP contribution in [0.25, 0.3) is 10.9 Å². The van der Waals surface area contributed by atoms with Gasteiger partial charge in [-0.25, -0.2) is 9.37 Å². The maximum atomic E-state index is 14.8. The number of pyridine rings is 2. The number of piperazine rings is 1. The second-order valence-electron chi connectivity index (χ2n) is 8.33. The number of benzene rings is 1. The molecule has 0 radical (unpaired) electrons. The lowest BCUT2D eigenvalue weighted by Gasteiger charge is -2.36. The number of methoxy groups -OCH3 is 1. The number of halogens is 1. The lowest BCUT2D eigenvalue weighted by molar-refractivity contribution is -0.113. The van der Waals surface area contributed by atoms with Gasteiger partial charge in [-0.05, 0) is 30.3 Å². The molecule has 0 aliphatic carbocycles. The van der Waals surface area contributed by atoms with Gasteiger partial charge in [0.25, 0.3) is 0 Å². The Kier molecular flexibility index (Phi) is 6.80. The largest absolute Gasteiger partial charge is 0.497 e. The Bertz CT molecular complexity index is 1200. The number of anilines is 2. The summed E-state index contributed by atoms with van der Waals surface area (Å²) in [5, 5.41) is 7.05. The number of aromatic nitrogens is 2. The van der Waals surface area contributed by atoms with Crippen molar-refractivity contribution in [2.45, 2.75) is 11.4 Å². The number of carbonyl (C=O) groups excluding carboxylic acids is 1. The van der Waals surface area contributed by atoms with E-state index in [0.29, 0.717) is 29.6 Å². The molecule has 8 nitrogen and oxygen atoms in total. The Morgan fingerprint density at radius 1 is 1.21 bits per heavy atom. The number of amides is 1. The fourth-order valence-electron chi connectivity index (χ4n) is 4.33. The average molecular weight is 483 g/mol. The van der Waals surface area contributed by atoms with Crippen molar-refractivity contribution in [1.29, 1.82) is 0 Å². The van der Waals surface area contributed by atoms with Crippen molar-refractivity contribution in [3.8, 4) is 5.75 Å². The zero-order chi connectivity index (χ0) is 23.5. The number of hydrogen-bond acceptors (Lipinski definition) is 8. The summed E-state index contributed by atoms with van der Waals surface area (Å²) in [4.78, 5) is 25.8. The zero-order valence-electron chi connectivity index (χ0n) is 19.0. The predicted octanol–water partition coefficient (Wildman–Crippen LogP) is 2.73. The SMILES string of the molecule is COc1ccc2ncc(F)c(N3CCN(CCNCc4ccc5c(n4)NC(=O)CS5)CC3)c2c1. The number of nitrogens with zero attached hydrogens (tertiary/aromatic N) is 4. The zero-order valence-corrected chi connectivity index (χ0v) is 19.8. The van der Waals surface area contributed by atoms with Crippen LogP contribution in [0.4, 0.5) is 15.9 Å². The van der Waals surface area contributed by atoms with Crippen LogP contribution in [0.1, 0.15) is 5.69 Å². The number of thioether (sulfide) groups is 1. The molecule has 0 atom stereocenters. The second kappa shape index (κ2) is 10.1. The van der Waals surface area contributed by atoms with Crippen LogP contribution in [0, 0.1) is 5.82 Å². The third-order valence-electron chi connectivity index (χ3n) is 6.13. The van der Waals surface area contributed by atoms with E-state index in [1.807, 2.05) is 30.3 Å². The number of carbonyl (C=O) groups is 1. The van der Waals surface area contributed by atoms with Gasteiger partial charge in [-0.2, -0.15) is 0 Å². The lowest BCUT2D eigenvalue weighted by Crippen LogP contribution is -2.48. The predicted molar refractivity (Wildman–Crippen MR) is 132 cm³/mol. The summed E-state index contributed by atoms with van der Waals surface area (Å²) in [5.74, 6) is 1.49. The van der Waals surface area contributed by atoms with Crippen LogP contribution < -0.4 is 20.3 Å². The first kappa shape index (κ1) is 22.8. The number of ether oxygens (including phenoxy) is 1. The van der Waals surface area contributed by atoms with E-state index >= 15 is 0 Å². The molecule has 0 unspecified atom stereocenters. The van der Waals surface area contributed by atoms with Gasteiger partial charge in [0, 0.05) is 51.2 Å². The van der Waals surface area contributed by atoms with Crippen molar-refractivity contribution < 1.29 is 13.9 Å². The van der Waals surface area contributed by atoms with E-state index in [-0.39, 0.29) is 11.7 Å². The summed E-state index contributed by atoms with van der Waals surface area (Å²) in [7, 11) is 1.61. The summed E-state index contributed by atoms with van der Waals surface area (Å²) in [6.07, 6.45) is 1.30. The normalized spacial score (nSPS) is 16.4. The number of fused-ring (bicyclic) bond motifs is 2. The minimum atomic E-state index is -0.303. The van der Waals surface area contributed by atoms with E-state index in [4.69, 9.17) is 4.74 Å². The van der Waals surface area contributed by atoms with Gasteiger partial charge in [-0.3, -0.25) is 14.7 Å². The summed E-state index contributed by atoms with van der Waals surface area (Å²) in [6, 6.07) is 9.58. The molecule has 1 fully saturated rings. The van der Waals surface area contributed by atoms with Crippen molar-refractivity contribution in [2.75, 3.05) is 62.3 Å². The molecule has 1 aromatic carbocycles. The molecule has 1 saturated heterocycles. The standard InChI is InChI=1S/C24H27FN6O2S/c1-33-17-3-4-20-18(12-17)23(19(25)14-27-20)31-10-8-30(9-11-31)7-6-26-13-16-2-5-21-24(28-16)29-22(32)15-34-21/h2-5,12,14,26H,6-11,13,15H2,1H3,(H,28,29,32). The molecule has 2 aliphatic heterocycles. The van der Waals surface area contributed by atoms with E-state index in [9.17, 15) is 9.18 Å². The van der Waals surface area contributed by atoms with E-state index in [2.05, 4.69) is 30.4 Å². The molecular weight excluding hydrogens is 455 g/mol. The molecule has 0 bridgehead atoms. The Labute approximate surface area is 201 Å². The fourth-order valence-corrected chi connectivity index (χ4v) is 5.09. The first-order valence-corrected chi connectivity index (χ1v) is 12.3. The Morgan fingerprint density at radius 3 is 2.88 bits per heavy atom. The molecule has 0 saturated carbocycles. The summed E-state index contributed by atoms with van der Waals surface area (Å²) in [6.45, 7) is 5.57. The third kappa shape index (κ3) is 4.94. The van der Waals surface area contributed by atoms with Gasteiger partial charge >= 0.3 is 0 Å². The number of rotatable bonds is 7. The minimum absolute atomic E-state index is 0.00645. The number of nitrogens with one attached hydrogen (secondary N) is 2. The van der Waals surface area contributed by atoms with Crippen LogP contribution >= 0.6 is 11.8 Å². The van der Waals surface area contributed by atoms with Crippen LogP contribution in [-0.4, -0.2) is 72.9 Å². The molecule has 3 aromatic rings. The second-order valence-corrected chi connectivity index (χ2v) is 9.35.